The number of hydrogen-bond donors (Lipinski definition) is 1. The summed E-state index contributed by atoms with van der Waals surface area (Å²) in [4.78, 5) is 15.4. The van der Waals surface area contributed by atoms with Crippen molar-refractivity contribution in [1.82, 2.24) is 4.90 Å². The van der Waals surface area contributed by atoms with E-state index < -0.39 is 6.29 Å². The molecule has 2 unspecified atom stereocenters. The molecule has 0 aromatic heterocycles. The number of aliphatic hydroxyl groups is 1. The quantitative estimate of drug-likeness (QED) is 0.597. The van der Waals surface area contributed by atoms with E-state index in [1.807, 2.05) is 48.5 Å². The molecular formula is C30H39NO8. The lowest BCUT2D eigenvalue weighted by Gasteiger charge is -2.32. The largest absolute Gasteiger partial charge is 0.459 e. The van der Waals surface area contributed by atoms with E-state index in [9.17, 15) is 9.90 Å². The maximum absolute atomic E-state index is 13.7. The van der Waals surface area contributed by atoms with E-state index in [0.717, 1.165) is 16.7 Å². The summed E-state index contributed by atoms with van der Waals surface area (Å²) in [6.07, 6.45) is 1.88. The van der Waals surface area contributed by atoms with Crippen molar-refractivity contribution in [2.24, 2.45) is 0 Å². The number of aliphatic hydroxyl groups excluding tert-OH is 1. The van der Waals surface area contributed by atoms with E-state index in [-0.39, 0.29) is 24.2 Å². The molecule has 1 amide bonds. The van der Waals surface area contributed by atoms with Gasteiger partial charge in [-0.1, -0.05) is 54.6 Å². The Kier molecular flexibility index (Phi) is 12.2. The zero-order chi connectivity index (χ0) is 27.1. The molecule has 2 aromatic carbocycles. The summed E-state index contributed by atoms with van der Waals surface area (Å²) in [5.41, 5.74) is 2.89. The van der Waals surface area contributed by atoms with Gasteiger partial charge in [0.15, 0.2) is 5.76 Å². The van der Waals surface area contributed by atoms with Crippen LogP contribution >= 0.6 is 0 Å². The van der Waals surface area contributed by atoms with Crippen LogP contribution in [0.5, 0.6) is 0 Å². The van der Waals surface area contributed by atoms with Crippen molar-refractivity contribution in [3.05, 3.63) is 83.1 Å². The van der Waals surface area contributed by atoms with Crippen LogP contribution in [0.15, 0.2) is 66.4 Å². The SMILES string of the molecule is O=C(C1=CC(c2ccccc2)CC(OCc2ccc(CO)cc2)O1)N1CCOCCOCCOCCOCC1. The number of benzene rings is 2. The minimum atomic E-state index is -0.595. The number of amides is 1. The lowest BCUT2D eigenvalue weighted by atomic mass is 9.93. The van der Waals surface area contributed by atoms with E-state index in [1.54, 1.807) is 4.90 Å². The lowest BCUT2D eigenvalue weighted by molar-refractivity contribution is -0.156. The Morgan fingerprint density at radius 1 is 0.795 bits per heavy atom. The van der Waals surface area contributed by atoms with Crippen LogP contribution < -0.4 is 0 Å². The average molecular weight is 542 g/mol. The summed E-state index contributed by atoms with van der Waals surface area (Å²) in [6.45, 7) is 4.76. The molecule has 4 rings (SSSR count). The molecule has 1 saturated heterocycles. The first-order chi connectivity index (χ1) is 19.2. The predicted molar refractivity (Wildman–Crippen MR) is 144 cm³/mol. The highest BCUT2D eigenvalue weighted by Crippen LogP contribution is 2.32. The number of carbonyl (C=O) groups is 1. The topological polar surface area (TPSA) is 95.9 Å². The number of carbonyl (C=O) groups excluding carboxylic acids is 1. The minimum Gasteiger partial charge on any atom is -0.459 e. The molecule has 2 aliphatic heterocycles. The molecule has 0 radical (unpaired) electrons. The van der Waals surface area contributed by atoms with Gasteiger partial charge in [-0.05, 0) is 22.8 Å². The normalized spacial score (nSPS) is 22.2. The van der Waals surface area contributed by atoms with E-state index >= 15 is 0 Å². The molecule has 9 nitrogen and oxygen atoms in total. The molecular weight excluding hydrogens is 502 g/mol. The van der Waals surface area contributed by atoms with Crippen molar-refractivity contribution in [3.63, 3.8) is 0 Å². The average Bonchev–Trinajstić information content (AvgIpc) is 3.00. The van der Waals surface area contributed by atoms with Gasteiger partial charge in [-0.25, -0.2) is 0 Å². The standard InChI is InChI=1S/C30H39NO8/c32-22-24-6-8-25(9-7-24)23-38-29-21-27(26-4-2-1-3-5-26)20-28(39-29)30(33)31-10-12-34-14-16-36-18-19-37-17-15-35-13-11-31/h1-9,20,27,29,32H,10-19,21-23H2. The molecule has 212 valence electrons. The van der Waals surface area contributed by atoms with Crippen LogP contribution in [-0.2, 0) is 46.4 Å². The Labute approximate surface area is 230 Å². The van der Waals surface area contributed by atoms with Crippen LogP contribution in [-0.4, -0.2) is 88.1 Å². The van der Waals surface area contributed by atoms with E-state index in [4.69, 9.17) is 28.4 Å². The summed E-state index contributed by atoms with van der Waals surface area (Å²) >= 11 is 0. The molecule has 0 bridgehead atoms. The molecule has 2 heterocycles. The monoisotopic (exact) mass is 541 g/mol. The van der Waals surface area contributed by atoms with Crippen LogP contribution in [0.3, 0.4) is 0 Å². The summed E-state index contributed by atoms with van der Waals surface area (Å²) in [7, 11) is 0. The van der Waals surface area contributed by atoms with Crippen LogP contribution in [0.4, 0.5) is 0 Å². The van der Waals surface area contributed by atoms with Gasteiger partial charge in [-0.3, -0.25) is 4.79 Å². The molecule has 2 aliphatic rings. The number of ether oxygens (including phenoxy) is 6. The van der Waals surface area contributed by atoms with Crippen molar-refractivity contribution in [2.45, 2.75) is 31.8 Å². The van der Waals surface area contributed by atoms with Gasteiger partial charge in [0.05, 0.1) is 66.1 Å². The molecule has 1 fully saturated rings. The Bertz CT molecular complexity index is 997. The maximum atomic E-state index is 13.7. The number of nitrogens with zero attached hydrogens (tertiary/aromatic N) is 1. The Morgan fingerprint density at radius 2 is 1.36 bits per heavy atom. The molecule has 2 aromatic rings. The second-order valence-corrected chi connectivity index (χ2v) is 9.36. The van der Waals surface area contributed by atoms with Crippen molar-refractivity contribution >= 4 is 5.91 Å². The minimum absolute atomic E-state index is 0.00394. The molecule has 2 atom stereocenters. The van der Waals surface area contributed by atoms with Gasteiger partial charge in [0.2, 0.25) is 6.29 Å². The zero-order valence-corrected chi connectivity index (χ0v) is 22.4. The molecule has 0 aliphatic carbocycles. The van der Waals surface area contributed by atoms with E-state index in [1.165, 1.54) is 0 Å². The van der Waals surface area contributed by atoms with Gasteiger partial charge < -0.3 is 38.4 Å². The summed E-state index contributed by atoms with van der Waals surface area (Å²) in [5.74, 6) is 0.00628. The lowest BCUT2D eigenvalue weighted by Crippen LogP contribution is -2.40. The van der Waals surface area contributed by atoms with Gasteiger partial charge in [0, 0.05) is 25.4 Å². The molecule has 1 N–H and O–H groups in total. The predicted octanol–water partition coefficient (Wildman–Crippen LogP) is 3.02. The summed E-state index contributed by atoms with van der Waals surface area (Å²) in [5, 5.41) is 9.29. The molecule has 9 heteroatoms. The Morgan fingerprint density at radius 3 is 1.95 bits per heavy atom. The first-order valence-corrected chi connectivity index (χ1v) is 13.6. The fourth-order valence-electron chi connectivity index (χ4n) is 4.36. The zero-order valence-electron chi connectivity index (χ0n) is 22.4. The fourth-order valence-corrected chi connectivity index (χ4v) is 4.36. The van der Waals surface area contributed by atoms with Crippen molar-refractivity contribution < 1.29 is 38.3 Å². The maximum Gasteiger partial charge on any atom is 0.288 e. The first-order valence-electron chi connectivity index (χ1n) is 13.6. The highest BCUT2D eigenvalue weighted by Gasteiger charge is 2.31. The second kappa shape index (κ2) is 16.3. The fraction of sp³-hybridized carbons (Fsp3) is 0.500. The van der Waals surface area contributed by atoms with Gasteiger partial charge >= 0.3 is 0 Å². The molecule has 0 saturated carbocycles. The molecule has 0 spiro atoms. The second-order valence-electron chi connectivity index (χ2n) is 9.36. The van der Waals surface area contributed by atoms with E-state index in [2.05, 4.69) is 12.1 Å². The van der Waals surface area contributed by atoms with Crippen LogP contribution in [0.2, 0.25) is 0 Å². The highest BCUT2D eigenvalue weighted by molar-refractivity contribution is 5.91. The van der Waals surface area contributed by atoms with Crippen LogP contribution in [0, 0.1) is 0 Å². The Balaban J connectivity index is 1.44. The van der Waals surface area contributed by atoms with Gasteiger partial charge in [-0.2, -0.15) is 0 Å². The van der Waals surface area contributed by atoms with Gasteiger partial charge in [0.25, 0.3) is 5.91 Å². The van der Waals surface area contributed by atoms with Crippen molar-refractivity contribution in [2.75, 3.05) is 65.9 Å². The highest BCUT2D eigenvalue weighted by atomic mass is 16.7. The first kappa shape index (κ1) is 29.2. The number of allylic oxidation sites excluding steroid dienone is 1. The number of rotatable bonds is 6. The number of hydrogen-bond acceptors (Lipinski definition) is 8. The van der Waals surface area contributed by atoms with Crippen LogP contribution in [0.25, 0.3) is 0 Å². The third-order valence-corrected chi connectivity index (χ3v) is 6.55. The summed E-state index contributed by atoms with van der Waals surface area (Å²) in [6, 6.07) is 17.6. The van der Waals surface area contributed by atoms with Crippen molar-refractivity contribution in [1.29, 1.82) is 0 Å². The van der Waals surface area contributed by atoms with Crippen LogP contribution in [0.1, 0.15) is 29.0 Å². The smallest absolute Gasteiger partial charge is 0.288 e. The van der Waals surface area contributed by atoms with E-state index in [0.29, 0.717) is 79.0 Å². The van der Waals surface area contributed by atoms with Crippen molar-refractivity contribution in [3.8, 4) is 0 Å². The Hall–Kier alpha value is -2.79. The van der Waals surface area contributed by atoms with Gasteiger partial charge in [-0.15, -0.1) is 0 Å². The third kappa shape index (κ3) is 9.72. The summed E-state index contributed by atoms with van der Waals surface area (Å²) < 4.78 is 34.6. The molecule has 39 heavy (non-hydrogen) atoms. The third-order valence-electron chi connectivity index (χ3n) is 6.55. The van der Waals surface area contributed by atoms with Gasteiger partial charge in [0.1, 0.15) is 0 Å².